The average molecular weight is 228 g/mol. The van der Waals surface area contributed by atoms with Gasteiger partial charge in [-0.3, -0.25) is 0 Å². The molecule has 0 aromatic carbocycles. The van der Waals surface area contributed by atoms with E-state index in [1.165, 1.54) is 24.5 Å². The van der Waals surface area contributed by atoms with Gasteiger partial charge < -0.3 is 10.2 Å². The minimum atomic E-state index is 0.850. The fourth-order valence-corrected chi connectivity index (χ4v) is 2.03. The van der Waals surface area contributed by atoms with Gasteiger partial charge in [0, 0.05) is 24.6 Å². The van der Waals surface area contributed by atoms with Gasteiger partial charge in [-0.25, -0.2) is 4.98 Å². The lowest BCUT2D eigenvalue weighted by Crippen LogP contribution is -2.29. The first-order valence-corrected chi connectivity index (χ1v) is 6.30. The molecule has 1 N–H and O–H groups in total. The van der Waals surface area contributed by atoms with Gasteiger partial charge in [0.15, 0.2) is 0 Å². The molecular formula is C10H20N4S. The van der Waals surface area contributed by atoms with E-state index in [0.717, 1.165) is 30.6 Å². The number of aromatic nitrogens is 2. The number of aryl methyl sites for hydroxylation is 1. The normalized spacial score (nSPS) is 10.9. The largest absolute Gasteiger partial charge is 0.359 e. The summed E-state index contributed by atoms with van der Waals surface area (Å²) in [6.07, 6.45) is 1.21. The molecule has 0 aliphatic heterocycles. The van der Waals surface area contributed by atoms with Crippen molar-refractivity contribution in [3.63, 3.8) is 0 Å². The molecule has 15 heavy (non-hydrogen) atoms. The van der Waals surface area contributed by atoms with Crippen molar-refractivity contribution in [2.24, 2.45) is 0 Å². The molecule has 0 atom stereocenters. The van der Waals surface area contributed by atoms with Crippen molar-refractivity contribution in [2.45, 2.75) is 27.2 Å². The second-order valence-corrected chi connectivity index (χ2v) is 4.26. The van der Waals surface area contributed by atoms with E-state index in [-0.39, 0.29) is 0 Å². The molecular weight excluding hydrogens is 208 g/mol. The van der Waals surface area contributed by atoms with Crippen molar-refractivity contribution >= 4 is 16.7 Å². The summed E-state index contributed by atoms with van der Waals surface area (Å²) in [5.74, 6) is 0.850. The van der Waals surface area contributed by atoms with Crippen LogP contribution in [-0.2, 0) is 0 Å². The molecule has 1 rings (SSSR count). The maximum atomic E-state index is 4.26. The highest BCUT2D eigenvalue weighted by atomic mass is 32.1. The van der Waals surface area contributed by atoms with Crippen LogP contribution in [-0.4, -0.2) is 40.4 Å². The minimum absolute atomic E-state index is 0.850. The second-order valence-electron chi connectivity index (χ2n) is 3.51. The Morgan fingerprint density at radius 1 is 1.33 bits per heavy atom. The van der Waals surface area contributed by atoms with Crippen LogP contribution >= 0.6 is 11.5 Å². The average Bonchev–Trinajstić information content (AvgIpc) is 2.63. The maximum Gasteiger partial charge on any atom is 0.202 e. The Bertz CT molecular complexity index is 274. The summed E-state index contributed by atoms with van der Waals surface area (Å²) in [4.78, 5) is 6.69. The molecule has 0 radical (unpaired) electrons. The lowest BCUT2D eigenvalue weighted by atomic mass is 10.4. The van der Waals surface area contributed by atoms with Crippen molar-refractivity contribution in [1.82, 2.24) is 14.3 Å². The summed E-state index contributed by atoms with van der Waals surface area (Å²) in [7, 11) is 0. The summed E-state index contributed by atoms with van der Waals surface area (Å²) in [5.41, 5.74) is 0. The lowest BCUT2D eigenvalue weighted by molar-refractivity contribution is 0.300. The van der Waals surface area contributed by atoms with Crippen LogP contribution in [0.25, 0.3) is 0 Å². The number of nitrogens with zero attached hydrogens (tertiary/aromatic N) is 3. The molecule has 0 fully saturated rings. The first-order valence-electron chi connectivity index (χ1n) is 5.52. The summed E-state index contributed by atoms with van der Waals surface area (Å²) in [5, 5.41) is 4.22. The second kappa shape index (κ2) is 6.74. The number of hydrogen-bond acceptors (Lipinski definition) is 5. The molecule has 0 unspecified atom stereocenters. The summed E-state index contributed by atoms with van der Waals surface area (Å²) >= 11 is 1.43. The fourth-order valence-electron chi connectivity index (χ4n) is 1.43. The molecule has 0 bridgehead atoms. The Balaban J connectivity index is 2.20. The molecule has 0 saturated heterocycles. The molecule has 0 aliphatic carbocycles. The highest BCUT2D eigenvalue weighted by Gasteiger charge is 2.02. The number of likely N-dealkylation sites (N-methyl/N-ethyl adjacent to an activating group) is 1. The van der Waals surface area contributed by atoms with Crippen molar-refractivity contribution in [3.05, 3.63) is 5.82 Å². The maximum absolute atomic E-state index is 4.26. The van der Waals surface area contributed by atoms with E-state index in [4.69, 9.17) is 0 Å². The van der Waals surface area contributed by atoms with Gasteiger partial charge in [0.05, 0.1) is 0 Å². The highest BCUT2D eigenvalue weighted by molar-refractivity contribution is 7.09. The molecule has 1 heterocycles. The Morgan fingerprint density at radius 3 is 2.67 bits per heavy atom. The number of anilines is 1. The lowest BCUT2D eigenvalue weighted by Gasteiger charge is -2.19. The third-order valence-corrected chi connectivity index (χ3v) is 2.98. The summed E-state index contributed by atoms with van der Waals surface area (Å²) in [6.45, 7) is 10.6. The van der Waals surface area contributed by atoms with Gasteiger partial charge in [0.2, 0.25) is 5.13 Å². The van der Waals surface area contributed by atoms with E-state index >= 15 is 0 Å². The van der Waals surface area contributed by atoms with Crippen LogP contribution in [0.1, 0.15) is 26.1 Å². The Labute approximate surface area is 95.9 Å². The standard InChI is InChI=1S/C10H20N4S/c1-4-7-14(5-2)8-6-11-10-12-9(3)13-15-10/h4-8H2,1-3H3,(H,11,12,13). The van der Waals surface area contributed by atoms with Crippen LogP contribution in [0.5, 0.6) is 0 Å². The SMILES string of the molecule is CCCN(CC)CCNc1nc(C)ns1. The van der Waals surface area contributed by atoms with Crippen molar-refractivity contribution in [3.8, 4) is 0 Å². The predicted octanol–water partition coefficient (Wildman–Crippen LogP) is 1.99. The summed E-state index contributed by atoms with van der Waals surface area (Å²) < 4.78 is 4.13. The topological polar surface area (TPSA) is 41.0 Å². The van der Waals surface area contributed by atoms with Crippen molar-refractivity contribution in [2.75, 3.05) is 31.5 Å². The minimum Gasteiger partial charge on any atom is -0.359 e. The Morgan fingerprint density at radius 2 is 2.13 bits per heavy atom. The van der Waals surface area contributed by atoms with Crippen LogP contribution < -0.4 is 5.32 Å². The smallest absolute Gasteiger partial charge is 0.202 e. The molecule has 5 heteroatoms. The molecule has 1 aromatic rings. The van der Waals surface area contributed by atoms with Crippen molar-refractivity contribution in [1.29, 1.82) is 0 Å². The van der Waals surface area contributed by atoms with E-state index in [2.05, 4.69) is 33.4 Å². The molecule has 1 aromatic heterocycles. The third-order valence-electron chi connectivity index (χ3n) is 2.22. The highest BCUT2D eigenvalue weighted by Crippen LogP contribution is 2.09. The van der Waals surface area contributed by atoms with Gasteiger partial charge in [0.25, 0.3) is 0 Å². The van der Waals surface area contributed by atoms with Gasteiger partial charge in [0.1, 0.15) is 5.82 Å². The van der Waals surface area contributed by atoms with E-state index in [1.807, 2.05) is 6.92 Å². The van der Waals surface area contributed by atoms with Crippen LogP contribution in [0.4, 0.5) is 5.13 Å². The molecule has 0 saturated carbocycles. The zero-order valence-corrected chi connectivity index (χ0v) is 10.6. The number of hydrogen-bond donors (Lipinski definition) is 1. The molecule has 86 valence electrons. The Kier molecular flexibility index (Phi) is 5.57. The van der Waals surface area contributed by atoms with Gasteiger partial charge in [-0.15, -0.1) is 0 Å². The van der Waals surface area contributed by atoms with Crippen LogP contribution in [0.3, 0.4) is 0 Å². The van der Waals surface area contributed by atoms with E-state index < -0.39 is 0 Å². The first-order chi connectivity index (χ1) is 7.26. The first kappa shape index (κ1) is 12.4. The zero-order chi connectivity index (χ0) is 11.1. The monoisotopic (exact) mass is 228 g/mol. The van der Waals surface area contributed by atoms with Crippen LogP contribution in [0.15, 0.2) is 0 Å². The third kappa shape index (κ3) is 4.57. The van der Waals surface area contributed by atoms with Crippen LogP contribution in [0.2, 0.25) is 0 Å². The number of rotatable bonds is 7. The number of nitrogens with one attached hydrogen (secondary N) is 1. The van der Waals surface area contributed by atoms with E-state index in [1.54, 1.807) is 0 Å². The van der Waals surface area contributed by atoms with Gasteiger partial charge in [-0.1, -0.05) is 13.8 Å². The summed E-state index contributed by atoms with van der Waals surface area (Å²) in [6, 6.07) is 0. The molecule has 0 aliphatic rings. The van der Waals surface area contributed by atoms with Crippen molar-refractivity contribution < 1.29 is 0 Å². The predicted molar refractivity (Wildman–Crippen MR) is 65.5 cm³/mol. The Hall–Kier alpha value is -0.680. The molecule has 0 spiro atoms. The molecule has 0 amide bonds. The van der Waals surface area contributed by atoms with Gasteiger partial charge in [-0.05, 0) is 26.4 Å². The zero-order valence-electron chi connectivity index (χ0n) is 9.79. The van der Waals surface area contributed by atoms with E-state index in [0.29, 0.717) is 0 Å². The molecule has 4 nitrogen and oxygen atoms in total. The van der Waals surface area contributed by atoms with E-state index in [9.17, 15) is 0 Å². The van der Waals surface area contributed by atoms with Crippen LogP contribution in [0, 0.1) is 6.92 Å². The van der Waals surface area contributed by atoms with Gasteiger partial charge in [-0.2, -0.15) is 4.37 Å². The fraction of sp³-hybridized carbons (Fsp3) is 0.800. The quantitative estimate of drug-likeness (QED) is 0.775. The van der Waals surface area contributed by atoms with Gasteiger partial charge >= 0.3 is 0 Å².